The van der Waals surface area contributed by atoms with Crippen molar-refractivity contribution in [3.05, 3.63) is 33.9 Å². The van der Waals surface area contributed by atoms with Crippen LogP contribution in [0.2, 0.25) is 0 Å². The van der Waals surface area contributed by atoms with E-state index in [1.165, 1.54) is 0 Å². The number of nitrogens with one attached hydrogen (secondary N) is 1. The molecule has 0 spiro atoms. The minimum Gasteiger partial charge on any atom is -0.382 e. The SMILES string of the molecule is CC(C)C(C)Nc1ccc([N+](=O)[O-])cc1C(F)(F)F. The molecular formula is C12H15F3N2O2. The molecule has 0 saturated heterocycles. The number of anilines is 1. The fourth-order valence-electron chi connectivity index (χ4n) is 1.42. The van der Waals surface area contributed by atoms with Gasteiger partial charge in [-0.25, -0.2) is 0 Å². The molecule has 0 amide bonds. The van der Waals surface area contributed by atoms with Crippen molar-refractivity contribution in [2.24, 2.45) is 5.92 Å². The van der Waals surface area contributed by atoms with Gasteiger partial charge >= 0.3 is 6.18 Å². The van der Waals surface area contributed by atoms with Crippen LogP contribution in [0.4, 0.5) is 24.5 Å². The molecule has 0 aliphatic rings. The zero-order valence-corrected chi connectivity index (χ0v) is 10.8. The van der Waals surface area contributed by atoms with Crippen LogP contribution in [0.3, 0.4) is 0 Å². The average molecular weight is 276 g/mol. The smallest absolute Gasteiger partial charge is 0.382 e. The largest absolute Gasteiger partial charge is 0.418 e. The maximum Gasteiger partial charge on any atom is 0.418 e. The van der Waals surface area contributed by atoms with E-state index in [4.69, 9.17) is 0 Å². The molecule has 0 aromatic heterocycles. The van der Waals surface area contributed by atoms with E-state index in [0.717, 1.165) is 12.1 Å². The molecule has 1 unspecified atom stereocenters. The van der Waals surface area contributed by atoms with E-state index in [-0.39, 0.29) is 17.6 Å². The number of non-ortho nitro benzene ring substituents is 1. The van der Waals surface area contributed by atoms with Gasteiger partial charge in [-0.2, -0.15) is 13.2 Å². The van der Waals surface area contributed by atoms with Gasteiger partial charge in [-0.05, 0) is 18.9 Å². The Hall–Kier alpha value is -1.79. The normalized spacial score (nSPS) is 13.4. The first kappa shape index (κ1) is 15.3. The summed E-state index contributed by atoms with van der Waals surface area (Å²) in [4.78, 5) is 9.70. The maximum atomic E-state index is 12.9. The summed E-state index contributed by atoms with van der Waals surface area (Å²) in [5.41, 5.74) is -1.73. The number of rotatable bonds is 4. The number of hydrogen-bond acceptors (Lipinski definition) is 3. The lowest BCUT2D eigenvalue weighted by molar-refractivity contribution is -0.385. The third-order valence-corrected chi connectivity index (χ3v) is 2.90. The first-order chi connectivity index (χ1) is 8.62. The van der Waals surface area contributed by atoms with E-state index >= 15 is 0 Å². The van der Waals surface area contributed by atoms with Gasteiger partial charge < -0.3 is 5.32 Å². The predicted molar refractivity (Wildman–Crippen MR) is 66.0 cm³/mol. The molecule has 1 N–H and O–H groups in total. The van der Waals surface area contributed by atoms with Crippen LogP contribution in [0.25, 0.3) is 0 Å². The molecule has 0 bridgehead atoms. The summed E-state index contributed by atoms with van der Waals surface area (Å²) in [6.45, 7) is 5.50. The van der Waals surface area contributed by atoms with Crippen molar-refractivity contribution in [1.82, 2.24) is 0 Å². The van der Waals surface area contributed by atoms with Gasteiger partial charge in [0.25, 0.3) is 5.69 Å². The van der Waals surface area contributed by atoms with Crippen LogP contribution < -0.4 is 5.32 Å². The van der Waals surface area contributed by atoms with E-state index in [0.29, 0.717) is 6.07 Å². The highest BCUT2D eigenvalue weighted by atomic mass is 19.4. The van der Waals surface area contributed by atoms with Crippen LogP contribution in [-0.2, 0) is 6.18 Å². The fourth-order valence-corrected chi connectivity index (χ4v) is 1.42. The fraction of sp³-hybridized carbons (Fsp3) is 0.500. The molecule has 0 radical (unpaired) electrons. The third kappa shape index (κ3) is 3.84. The average Bonchev–Trinajstić information content (AvgIpc) is 2.27. The van der Waals surface area contributed by atoms with Gasteiger partial charge in [0.15, 0.2) is 0 Å². The second kappa shape index (κ2) is 5.46. The second-order valence-electron chi connectivity index (χ2n) is 4.66. The van der Waals surface area contributed by atoms with Crippen LogP contribution in [0, 0.1) is 16.0 Å². The summed E-state index contributed by atoms with van der Waals surface area (Å²) in [5, 5.41) is 13.3. The molecule has 1 aromatic rings. The van der Waals surface area contributed by atoms with Gasteiger partial charge in [0.05, 0.1) is 10.5 Å². The lowest BCUT2D eigenvalue weighted by atomic mass is 10.0. The van der Waals surface area contributed by atoms with Crippen LogP contribution in [0.1, 0.15) is 26.3 Å². The molecule has 0 aliphatic carbocycles. The lowest BCUT2D eigenvalue weighted by Gasteiger charge is -2.21. The molecule has 1 rings (SSSR count). The number of alkyl halides is 3. The zero-order valence-electron chi connectivity index (χ0n) is 10.8. The second-order valence-corrected chi connectivity index (χ2v) is 4.66. The van der Waals surface area contributed by atoms with Crippen molar-refractivity contribution < 1.29 is 18.1 Å². The molecule has 7 heteroatoms. The van der Waals surface area contributed by atoms with Crippen LogP contribution in [0.5, 0.6) is 0 Å². The van der Waals surface area contributed by atoms with E-state index in [1.54, 1.807) is 6.92 Å². The number of nitro benzene ring substituents is 1. The third-order valence-electron chi connectivity index (χ3n) is 2.90. The summed E-state index contributed by atoms with van der Waals surface area (Å²) >= 11 is 0. The summed E-state index contributed by atoms with van der Waals surface area (Å²) in [6, 6.07) is 2.53. The van der Waals surface area contributed by atoms with Crippen LogP contribution in [-0.4, -0.2) is 11.0 Å². The van der Waals surface area contributed by atoms with E-state index in [9.17, 15) is 23.3 Å². The Kier molecular flexibility index (Phi) is 4.39. The minimum absolute atomic E-state index is 0.135. The molecule has 4 nitrogen and oxygen atoms in total. The van der Waals surface area contributed by atoms with Gasteiger partial charge in [0, 0.05) is 23.9 Å². The van der Waals surface area contributed by atoms with Gasteiger partial charge in [-0.3, -0.25) is 10.1 Å². The van der Waals surface area contributed by atoms with Crippen LogP contribution >= 0.6 is 0 Å². The Morgan fingerprint density at radius 1 is 1.26 bits per heavy atom. The van der Waals surface area contributed by atoms with Crippen molar-refractivity contribution in [2.75, 3.05) is 5.32 Å². The van der Waals surface area contributed by atoms with Gasteiger partial charge in [0.2, 0.25) is 0 Å². The molecule has 106 valence electrons. The van der Waals surface area contributed by atoms with Crippen molar-refractivity contribution in [1.29, 1.82) is 0 Å². The summed E-state index contributed by atoms with van der Waals surface area (Å²) in [7, 11) is 0. The highest BCUT2D eigenvalue weighted by molar-refractivity contribution is 5.57. The Morgan fingerprint density at radius 3 is 2.26 bits per heavy atom. The van der Waals surface area contributed by atoms with E-state index in [2.05, 4.69) is 5.32 Å². The summed E-state index contributed by atoms with van der Waals surface area (Å²) in [6.07, 6.45) is -4.63. The summed E-state index contributed by atoms with van der Waals surface area (Å²) in [5.74, 6) is 0.135. The molecular weight excluding hydrogens is 261 g/mol. The van der Waals surface area contributed by atoms with Crippen LogP contribution in [0.15, 0.2) is 18.2 Å². The number of nitro groups is 1. The minimum atomic E-state index is -4.63. The molecule has 1 aromatic carbocycles. The standard InChI is InChI=1S/C12H15F3N2O2/c1-7(2)8(3)16-11-5-4-9(17(18)19)6-10(11)12(13,14)15/h4-8,16H,1-3H3. The molecule has 1 atom stereocenters. The molecule has 0 aliphatic heterocycles. The van der Waals surface area contributed by atoms with Crippen molar-refractivity contribution >= 4 is 11.4 Å². The van der Waals surface area contributed by atoms with Gasteiger partial charge in [0.1, 0.15) is 0 Å². The molecule has 19 heavy (non-hydrogen) atoms. The zero-order chi connectivity index (χ0) is 14.8. The Balaban J connectivity index is 3.20. The Morgan fingerprint density at radius 2 is 1.84 bits per heavy atom. The first-order valence-electron chi connectivity index (χ1n) is 5.75. The number of nitrogens with zero attached hydrogens (tertiary/aromatic N) is 1. The lowest BCUT2D eigenvalue weighted by Crippen LogP contribution is -2.23. The van der Waals surface area contributed by atoms with Crippen molar-refractivity contribution in [2.45, 2.75) is 33.0 Å². The predicted octanol–water partition coefficient (Wildman–Crippen LogP) is 4.07. The van der Waals surface area contributed by atoms with E-state index < -0.39 is 22.4 Å². The Bertz CT molecular complexity index is 473. The number of hydrogen-bond donors (Lipinski definition) is 1. The van der Waals surface area contributed by atoms with Crippen molar-refractivity contribution in [3.63, 3.8) is 0 Å². The monoisotopic (exact) mass is 276 g/mol. The highest BCUT2D eigenvalue weighted by Crippen LogP contribution is 2.37. The van der Waals surface area contributed by atoms with Gasteiger partial charge in [-0.15, -0.1) is 0 Å². The quantitative estimate of drug-likeness (QED) is 0.666. The molecule has 0 heterocycles. The molecule has 0 fully saturated rings. The topological polar surface area (TPSA) is 55.2 Å². The number of benzene rings is 1. The first-order valence-corrected chi connectivity index (χ1v) is 5.75. The summed E-state index contributed by atoms with van der Waals surface area (Å²) < 4.78 is 38.6. The highest BCUT2D eigenvalue weighted by Gasteiger charge is 2.35. The van der Waals surface area contributed by atoms with E-state index in [1.807, 2.05) is 13.8 Å². The maximum absolute atomic E-state index is 12.9. The van der Waals surface area contributed by atoms with Crippen molar-refractivity contribution in [3.8, 4) is 0 Å². The van der Waals surface area contributed by atoms with Gasteiger partial charge in [-0.1, -0.05) is 13.8 Å². The Labute approximate surface area is 108 Å². The molecule has 0 saturated carbocycles. The number of halogens is 3.